The molecule has 0 spiro atoms. The Bertz CT molecular complexity index is 306. The zero-order valence-corrected chi connectivity index (χ0v) is 13.6. The highest BCUT2D eigenvalue weighted by molar-refractivity contribution is 5.00. The first kappa shape index (κ1) is 19.7. The molecule has 0 unspecified atom stereocenters. The number of allylic oxidation sites excluding steroid dienone is 2. The van der Waals surface area contributed by atoms with Gasteiger partial charge < -0.3 is 14.2 Å². The average Bonchev–Trinajstić information content (AvgIpc) is 2.48. The van der Waals surface area contributed by atoms with Gasteiger partial charge in [-0.25, -0.2) is 0 Å². The monoisotopic (exact) mass is 306 g/mol. The Morgan fingerprint density at radius 1 is 0.714 bits per heavy atom. The fourth-order valence-corrected chi connectivity index (χ4v) is 1.47. The molecule has 21 heavy (non-hydrogen) atoms. The van der Waals surface area contributed by atoms with Crippen LogP contribution in [0.15, 0.2) is 23.5 Å². The van der Waals surface area contributed by atoms with Crippen LogP contribution in [0.3, 0.4) is 0 Å². The van der Waals surface area contributed by atoms with Gasteiger partial charge in [-0.3, -0.25) is 0 Å². The summed E-state index contributed by atoms with van der Waals surface area (Å²) in [7, 11) is 0. The van der Waals surface area contributed by atoms with Gasteiger partial charge in [0, 0.05) is 12.8 Å². The Kier molecular flexibility index (Phi) is 11.7. The van der Waals surface area contributed by atoms with Crippen LogP contribution < -0.4 is 0 Å². The van der Waals surface area contributed by atoms with Crippen LogP contribution in [0, 0.1) is 0 Å². The quantitative estimate of drug-likeness (QED) is 0.340. The van der Waals surface area contributed by atoms with Gasteiger partial charge in [-0.15, -0.1) is 0 Å². The molecule has 0 radical (unpaired) electrons. The first-order chi connectivity index (χ1) is 10.1. The molecule has 0 aliphatic heterocycles. The van der Waals surface area contributed by atoms with Crippen molar-refractivity contribution in [1.29, 1.82) is 0 Å². The standard InChI is InChI=1S/C16H28F2O3/c1-5-9-11-19-13(7-3)15(17)21-16(18)14(8-4)20-12-10-6-2/h5-12H2,1-4H3/b15-13+,16-14+. The molecule has 0 aliphatic rings. The fourth-order valence-electron chi connectivity index (χ4n) is 1.47. The van der Waals surface area contributed by atoms with E-state index in [1.165, 1.54) is 0 Å². The van der Waals surface area contributed by atoms with E-state index < -0.39 is 12.0 Å². The minimum atomic E-state index is -1.03. The lowest BCUT2D eigenvalue weighted by Crippen LogP contribution is -2.02. The van der Waals surface area contributed by atoms with Gasteiger partial charge in [-0.05, 0) is 12.8 Å². The number of hydrogen-bond acceptors (Lipinski definition) is 3. The Morgan fingerprint density at radius 3 is 1.38 bits per heavy atom. The summed E-state index contributed by atoms with van der Waals surface area (Å²) in [5.41, 5.74) is 0. The third kappa shape index (κ3) is 8.58. The summed E-state index contributed by atoms with van der Waals surface area (Å²) in [5, 5.41) is 0. The molecule has 124 valence electrons. The van der Waals surface area contributed by atoms with Crippen molar-refractivity contribution in [2.24, 2.45) is 0 Å². The van der Waals surface area contributed by atoms with E-state index in [4.69, 9.17) is 9.47 Å². The highest BCUT2D eigenvalue weighted by atomic mass is 19.2. The van der Waals surface area contributed by atoms with Crippen LogP contribution in [-0.2, 0) is 14.2 Å². The van der Waals surface area contributed by atoms with Gasteiger partial charge in [0.25, 0.3) is 0 Å². The normalized spacial score (nSPS) is 13.4. The summed E-state index contributed by atoms with van der Waals surface area (Å²) in [6, 6.07) is -2.06. The maximum atomic E-state index is 13.8. The lowest BCUT2D eigenvalue weighted by atomic mass is 10.3. The van der Waals surface area contributed by atoms with E-state index in [2.05, 4.69) is 4.74 Å². The molecule has 3 nitrogen and oxygen atoms in total. The third-order valence-electron chi connectivity index (χ3n) is 2.81. The lowest BCUT2D eigenvalue weighted by Gasteiger charge is -2.12. The zero-order valence-electron chi connectivity index (χ0n) is 13.6. The van der Waals surface area contributed by atoms with Gasteiger partial charge in [0.05, 0.1) is 13.2 Å². The van der Waals surface area contributed by atoms with Gasteiger partial charge in [0.1, 0.15) is 0 Å². The number of hydrogen-bond donors (Lipinski definition) is 0. The molecular formula is C16H28F2O3. The highest BCUT2D eigenvalue weighted by Crippen LogP contribution is 2.22. The zero-order chi connectivity index (χ0) is 16.1. The molecule has 0 saturated carbocycles. The minimum absolute atomic E-state index is 0.0302. The highest BCUT2D eigenvalue weighted by Gasteiger charge is 2.15. The van der Waals surface area contributed by atoms with Crippen LogP contribution >= 0.6 is 0 Å². The topological polar surface area (TPSA) is 27.7 Å². The Hall–Kier alpha value is -1.26. The maximum Gasteiger partial charge on any atom is 0.318 e. The van der Waals surface area contributed by atoms with E-state index >= 15 is 0 Å². The van der Waals surface area contributed by atoms with E-state index in [-0.39, 0.29) is 11.5 Å². The molecule has 0 bridgehead atoms. The van der Waals surface area contributed by atoms with Crippen molar-refractivity contribution in [3.63, 3.8) is 0 Å². The van der Waals surface area contributed by atoms with Crippen molar-refractivity contribution in [2.75, 3.05) is 13.2 Å². The Labute approximate surface area is 127 Å². The summed E-state index contributed by atoms with van der Waals surface area (Å²) in [6.07, 6.45) is 4.13. The van der Waals surface area contributed by atoms with Crippen LogP contribution in [0.2, 0.25) is 0 Å². The minimum Gasteiger partial charge on any atom is -0.491 e. The van der Waals surface area contributed by atoms with Gasteiger partial charge >= 0.3 is 12.0 Å². The van der Waals surface area contributed by atoms with E-state index in [0.717, 1.165) is 25.7 Å². The molecule has 0 aromatic heterocycles. The second-order valence-corrected chi connectivity index (χ2v) is 4.61. The number of halogens is 2. The largest absolute Gasteiger partial charge is 0.491 e. The van der Waals surface area contributed by atoms with Crippen molar-refractivity contribution in [3.05, 3.63) is 23.5 Å². The SMILES string of the molecule is CCCCO/C(CC)=C(\F)O/C(F)=C(\CC)OCCCC. The number of unbranched alkanes of at least 4 members (excludes halogenated alkanes) is 2. The molecule has 0 heterocycles. The summed E-state index contributed by atoms with van der Waals surface area (Å²) < 4.78 is 42.8. The van der Waals surface area contributed by atoms with Crippen molar-refractivity contribution in [3.8, 4) is 0 Å². The van der Waals surface area contributed by atoms with Crippen LogP contribution in [0.1, 0.15) is 66.2 Å². The smallest absolute Gasteiger partial charge is 0.318 e. The molecule has 0 rings (SSSR count). The fraction of sp³-hybridized carbons (Fsp3) is 0.750. The first-order valence-electron chi connectivity index (χ1n) is 7.81. The molecule has 5 heteroatoms. The molecule has 0 aromatic carbocycles. The molecule has 0 N–H and O–H groups in total. The maximum absolute atomic E-state index is 13.8. The van der Waals surface area contributed by atoms with Gasteiger partial charge in [-0.1, -0.05) is 40.5 Å². The molecule has 0 aromatic rings. The van der Waals surface area contributed by atoms with Crippen molar-refractivity contribution in [2.45, 2.75) is 66.2 Å². The molecule has 0 amide bonds. The molecule has 0 saturated heterocycles. The number of rotatable bonds is 12. The summed E-state index contributed by atoms with van der Waals surface area (Å²) in [6.45, 7) is 8.27. The van der Waals surface area contributed by atoms with Crippen LogP contribution in [0.25, 0.3) is 0 Å². The third-order valence-corrected chi connectivity index (χ3v) is 2.81. The van der Waals surface area contributed by atoms with E-state index in [9.17, 15) is 8.78 Å². The molecule has 0 aliphatic carbocycles. The molecule has 0 atom stereocenters. The Balaban J connectivity index is 4.68. The predicted octanol–water partition coefficient (Wildman–Crippen LogP) is 5.73. The molecular weight excluding hydrogens is 278 g/mol. The summed E-state index contributed by atoms with van der Waals surface area (Å²) in [5.74, 6) is 0.0604. The lowest BCUT2D eigenvalue weighted by molar-refractivity contribution is 0.0824. The van der Waals surface area contributed by atoms with Gasteiger partial charge in [-0.2, -0.15) is 8.78 Å². The second-order valence-electron chi connectivity index (χ2n) is 4.61. The van der Waals surface area contributed by atoms with Gasteiger partial charge in [0.2, 0.25) is 0 Å². The van der Waals surface area contributed by atoms with E-state index in [1.807, 2.05) is 13.8 Å². The van der Waals surface area contributed by atoms with Gasteiger partial charge in [0.15, 0.2) is 11.5 Å². The van der Waals surface area contributed by atoms with Crippen molar-refractivity contribution < 1.29 is 23.0 Å². The second kappa shape index (κ2) is 12.5. The predicted molar refractivity (Wildman–Crippen MR) is 79.7 cm³/mol. The van der Waals surface area contributed by atoms with E-state index in [1.54, 1.807) is 13.8 Å². The Morgan fingerprint density at radius 2 is 1.10 bits per heavy atom. The summed E-state index contributed by atoms with van der Waals surface area (Å²) >= 11 is 0. The van der Waals surface area contributed by atoms with Crippen LogP contribution in [0.4, 0.5) is 8.78 Å². The van der Waals surface area contributed by atoms with Crippen molar-refractivity contribution >= 4 is 0 Å². The van der Waals surface area contributed by atoms with Crippen LogP contribution in [-0.4, -0.2) is 13.2 Å². The summed E-state index contributed by atoms with van der Waals surface area (Å²) in [4.78, 5) is 0. The van der Waals surface area contributed by atoms with Crippen LogP contribution in [0.5, 0.6) is 0 Å². The first-order valence-corrected chi connectivity index (χ1v) is 7.81. The molecule has 0 fully saturated rings. The average molecular weight is 306 g/mol. The van der Waals surface area contributed by atoms with E-state index in [0.29, 0.717) is 26.1 Å². The number of ether oxygens (including phenoxy) is 3. The van der Waals surface area contributed by atoms with Crippen molar-refractivity contribution in [1.82, 2.24) is 0 Å².